The molecule has 2 unspecified atom stereocenters. The van der Waals surface area contributed by atoms with Gasteiger partial charge in [-0.1, -0.05) is 0 Å². The van der Waals surface area contributed by atoms with Crippen molar-refractivity contribution >= 4 is 17.5 Å². The zero-order chi connectivity index (χ0) is 24.2. The van der Waals surface area contributed by atoms with Gasteiger partial charge in [0.25, 0.3) is 0 Å². The van der Waals surface area contributed by atoms with Crippen LogP contribution in [0.15, 0.2) is 24.4 Å². The highest BCUT2D eigenvalue weighted by atomic mass is 19.1. The van der Waals surface area contributed by atoms with Gasteiger partial charge in [0, 0.05) is 29.2 Å². The van der Waals surface area contributed by atoms with Crippen LogP contribution >= 0.6 is 0 Å². The van der Waals surface area contributed by atoms with Crippen molar-refractivity contribution in [2.45, 2.75) is 75.9 Å². The molecule has 184 valence electrons. The first-order valence-corrected chi connectivity index (χ1v) is 12.3. The van der Waals surface area contributed by atoms with Gasteiger partial charge in [0.1, 0.15) is 11.5 Å². The van der Waals surface area contributed by atoms with E-state index in [0.29, 0.717) is 17.6 Å². The molecular weight excluding hydrogens is 452 g/mol. The van der Waals surface area contributed by atoms with Gasteiger partial charge in [-0.2, -0.15) is 9.67 Å². The summed E-state index contributed by atoms with van der Waals surface area (Å²) >= 11 is 0. The highest BCUT2D eigenvalue weighted by Gasteiger charge is 2.43. The second-order valence-corrected chi connectivity index (χ2v) is 10.5. The first-order valence-electron chi connectivity index (χ1n) is 12.3. The Bertz CT molecular complexity index is 1240. The van der Waals surface area contributed by atoms with E-state index >= 15 is 0 Å². The minimum Gasteiger partial charge on any atom is -0.365 e. The fourth-order valence-electron chi connectivity index (χ4n) is 5.69. The predicted octanol–water partition coefficient (Wildman–Crippen LogP) is 4.17. The molecule has 0 amide bonds. The molecular formula is C24H29F2N9. The fraction of sp³-hybridized carbons (Fsp3) is 0.542. The molecule has 4 heterocycles. The molecule has 11 heteroatoms. The van der Waals surface area contributed by atoms with Crippen molar-refractivity contribution in [3.63, 3.8) is 0 Å². The van der Waals surface area contributed by atoms with Crippen LogP contribution in [-0.2, 0) is 0 Å². The van der Waals surface area contributed by atoms with Crippen LogP contribution in [0, 0.1) is 11.6 Å². The lowest BCUT2D eigenvalue weighted by atomic mass is 9.84. The Morgan fingerprint density at radius 2 is 1.97 bits per heavy atom. The van der Waals surface area contributed by atoms with E-state index in [9.17, 15) is 8.78 Å². The molecule has 3 fully saturated rings. The second-order valence-electron chi connectivity index (χ2n) is 10.5. The van der Waals surface area contributed by atoms with Crippen molar-refractivity contribution in [2.75, 3.05) is 17.2 Å². The maximum atomic E-state index is 14.7. The molecule has 1 aromatic carbocycles. The maximum absolute atomic E-state index is 14.7. The lowest BCUT2D eigenvalue weighted by Gasteiger charge is -2.47. The quantitative estimate of drug-likeness (QED) is 0.542. The third-order valence-electron chi connectivity index (χ3n) is 7.41. The summed E-state index contributed by atoms with van der Waals surface area (Å²) in [5.41, 5.74) is 0.853. The van der Waals surface area contributed by atoms with E-state index in [0.717, 1.165) is 38.4 Å². The molecule has 1 saturated carbocycles. The van der Waals surface area contributed by atoms with Gasteiger partial charge in [0.05, 0.1) is 6.20 Å². The van der Waals surface area contributed by atoms with Gasteiger partial charge in [-0.15, -0.1) is 5.10 Å². The van der Waals surface area contributed by atoms with Crippen molar-refractivity contribution < 1.29 is 8.78 Å². The summed E-state index contributed by atoms with van der Waals surface area (Å²) in [6, 6.07) is 5.17. The van der Waals surface area contributed by atoms with E-state index in [1.807, 2.05) is 0 Å². The maximum Gasteiger partial charge on any atom is 0.229 e. The summed E-state index contributed by atoms with van der Waals surface area (Å²) in [4.78, 5) is 11.1. The number of aromatic nitrogens is 6. The van der Waals surface area contributed by atoms with Crippen molar-refractivity contribution in [1.29, 1.82) is 0 Å². The number of nitrogens with zero attached hydrogens (tertiary/aromatic N) is 7. The number of fused-ring (bicyclic) bond motifs is 1. The third-order valence-corrected chi connectivity index (χ3v) is 7.41. The van der Waals surface area contributed by atoms with E-state index in [-0.39, 0.29) is 35.0 Å². The summed E-state index contributed by atoms with van der Waals surface area (Å²) in [6.07, 6.45) is 7.41. The average Bonchev–Trinajstić information content (AvgIpc) is 3.33. The van der Waals surface area contributed by atoms with E-state index in [4.69, 9.17) is 0 Å². The first kappa shape index (κ1) is 22.3. The van der Waals surface area contributed by atoms with E-state index in [1.165, 1.54) is 23.6 Å². The zero-order valence-electron chi connectivity index (χ0n) is 19.9. The van der Waals surface area contributed by atoms with Crippen LogP contribution in [-0.4, -0.2) is 59.2 Å². The summed E-state index contributed by atoms with van der Waals surface area (Å²) in [5, 5.41) is 18.1. The Morgan fingerprint density at radius 3 is 2.80 bits per heavy atom. The summed E-state index contributed by atoms with van der Waals surface area (Å²) in [7, 11) is 0. The molecule has 9 nitrogen and oxygen atoms in total. The number of piperidine rings is 1. The number of hydrogen-bond donors (Lipinski definition) is 2. The van der Waals surface area contributed by atoms with Gasteiger partial charge >= 0.3 is 0 Å². The summed E-state index contributed by atoms with van der Waals surface area (Å²) in [6.45, 7) is 5.65. The smallest absolute Gasteiger partial charge is 0.229 e. The SMILES string of the molecule is CC1(C)CC(Nc2nc(Nc3ccc(F)c(-n4nnnc4C4CC4)c3)ncc2F)CC2CCCN21. The summed E-state index contributed by atoms with van der Waals surface area (Å²) < 4.78 is 30.7. The van der Waals surface area contributed by atoms with Gasteiger partial charge in [-0.05, 0) is 87.5 Å². The van der Waals surface area contributed by atoms with Crippen LogP contribution in [0.4, 0.5) is 26.2 Å². The molecule has 2 saturated heterocycles. The molecule has 2 atom stereocenters. The number of hydrogen-bond acceptors (Lipinski definition) is 8. The number of tetrazole rings is 1. The number of halogens is 2. The van der Waals surface area contributed by atoms with Crippen LogP contribution in [0.5, 0.6) is 0 Å². The Balaban J connectivity index is 1.21. The molecule has 3 aromatic rings. The molecule has 3 aliphatic rings. The second kappa shape index (κ2) is 8.47. The van der Waals surface area contributed by atoms with Crippen LogP contribution in [0.25, 0.3) is 5.69 Å². The highest BCUT2D eigenvalue weighted by molar-refractivity contribution is 5.59. The van der Waals surface area contributed by atoms with E-state index in [1.54, 1.807) is 12.1 Å². The predicted molar refractivity (Wildman–Crippen MR) is 127 cm³/mol. The van der Waals surface area contributed by atoms with Crippen LogP contribution in [0.2, 0.25) is 0 Å². The molecule has 2 aromatic heterocycles. The lowest BCUT2D eigenvalue weighted by Crippen LogP contribution is -2.55. The van der Waals surface area contributed by atoms with Gasteiger partial charge in [0.15, 0.2) is 17.5 Å². The highest BCUT2D eigenvalue weighted by Crippen LogP contribution is 2.40. The van der Waals surface area contributed by atoms with Crippen molar-refractivity contribution in [1.82, 2.24) is 35.1 Å². The molecule has 6 rings (SSSR count). The molecule has 1 aliphatic carbocycles. The Labute approximate surface area is 202 Å². The first-order chi connectivity index (χ1) is 16.9. The number of nitrogens with one attached hydrogen (secondary N) is 2. The molecule has 35 heavy (non-hydrogen) atoms. The van der Waals surface area contributed by atoms with Crippen LogP contribution in [0.3, 0.4) is 0 Å². The average molecular weight is 482 g/mol. The molecule has 2 aliphatic heterocycles. The Kier molecular flexibility index (Phi) is 5.39. The van der Waals surface area contributed by atoms with E-state index in [2.05, 4.69) is 54.9 Å². The van der Waals surface area contributed by atoms with Crippen molar-refractivity contribution in [3.05, 3.63) is 41.9 Å². The molecule has 2 N–H and O–H groups in total. The van der Waals surface area contributed by atoms with Gasteiger partial charge in [-0.3, -0.25) is 4.90 Å². The van der Waals surface area contributed by atoms with Gasteiger partial charge < -0.3 is 10.6 Å². The fourth-order valence-corrected chi connectivity index (χ4v) is 5.69. The Morgan fingerprint density at radius 1 is 1.11 bits per heavy atom. The lowest BCUT2D eigenvalue weighted by molar-refractivity contribution is 0.0500. The third kappa shape index (κ3) is 4.33. The normalized spacial score (nSPS) is 23.8. The number of anilines is 3. The van der Waals surface area contributed by atoms with Crippen molar-refractivity contribution in [2.24, 2.45) is 0 Å². The zero-order valence-corrected chi connectivity index (χ0v) is 19.9. The Hall–Kier alpha value is -3.21. The van der Waals surface area contributed by atoms with Crippen molar-refractivity contribution in [3.8, 4) is 5.69 Å². The monoisotopic (exact) mass is 481 g/mol. The minimum atomic E-state index is -0.496. The van der Waals surface area contributed by atoms with E-state index < -0.39 is 11.6 Å². The van der Waals surface area contributed by atoms with Crippen LogP contribution < -0.4 is 10.6 Å². The largest absolute Gasteiger partial charge is 0.365 e. The standard InChI is InChI=1S/C24H29F2N9/c1-24(2)12-16(10-17-4-3-9-34(17)24)28-21-19(26)13-27-23(30-21)29-15-7-8-18(25)20(11-15)35-22(14-5-6-14)31-32-33-35/h7-8,11,13-14,16-17H,3-6,9-10,12H2,1-2H3,(H2,27,28,29,30). The molecule has 0 spiro atoms. The van der Waals surface area contributed by atoms with Crippen LogP contribution in [0.1, 0.15) is 64.1 Å². The van der Waals surface area contributed by atoms with Gasteiger partial charge in [-0.25, -0.2) is 13.8 Å². The van der Waals surface area contributed by atoms with Gasteiger partial charge in [0.2, 0.25) is 5.95 Å². The molecule has 0 bridgehead atoms. The number of benzene rings is 1. The molecule has 0 radical (unpaired) electrons. The summed E-state index contributed by atoms with van der Waals surface area (Å²) in [5.74, 6) is 0.382. The number of rotatable bonds is 6. The topological polar surface area (TPSA) is 96.7 Å². The minimum absolute atomic E-state index is 0.0573.